The number of carbonyl (C=O) groups is 1. The van der Waals surface area contributed by atoms with E-state index >= 15 is 0 Å². The van der Waals surface area contributed by atoms with Crippen LogP contribution >= 0.6 is 0 Å². The van der Waals surface area contributed by atoms with Crippen molar-refractivity contribution in [2.24, 2.45) is 5.92 Å². The van der Waals surface area contributed by atoms with Crippen molar-refractivity contribution in [1.29, 1.82) is 0 Å². The minimum absolute atomic E-state index is 0.155. The fraction of sp³-hybridized carbons (Fsp3) is 0.533. The third-order valence-electron chi connectivity index (χ3n) is 3.91. The zero-order valence-electron chi connectivity index (χ0n) is 11.8. The maximum Gasteiger partial charge on any atom is 0.327 e. The highest BCUT2D eigenvalue weighted by atomic mass is 19.1. The number of benzene rings is 1. The van der Waals surface area contributed by atoms with Gasteiger partial charge in [0.25, 0.3) is 0 Å². The van der Waals surface area contributed by atoms with Crippen molar-refractivity contribution < 1.29 is 19.0 Å². The largest absolute Gasteiger partial charge is 0.468 e. The predicted octanol–water partition coefficient (Wildman–Crippen LogP) is 1.74. The summed E-state index contributed by atoms with van der Waals surface area (Å²) in [5, 5.41) is 9.66. The predicted molar refractivity (Wildman–Crippen MR) is 72.5 cm³/mol. The number of methoxy groups -OCH3 is 1. The first-order valence-corrected chi connectivity index (χ1v) is 6.78. The van der Waals surface area contributed by atoms with E-state index < -0.39 is 12.1 Å². The Balaban J connectivity index is 2.21. The van der Waals surface area contributed by atoms with Gasteiger partial charge < -0.3 is 9.84 Å². The molecule has 0 spiro atoms. The van der Waals surface area contributed by atoms with E-state index in [-0.39, 0.29) is 17.7 Å². The maximum absolute atomic E-state index is 13.0. The number of aliphatic hydroxyl groups is 1. The second-order valence-corrected chi connectivity index (χ2v) is 5.26. The second-order valence-electron chi connectivity index (χ2n) is 5.26. The van der Waals surface area contributed by atoms with Gasteiger partial charge in [-0.2, -0.15) is 0 Å². The molecule has 1 aromatic carbocycles. The molecule has 1 fully saturated rings. The average Bonchev–Trinajstić information content (AvgIpc) is 2.90. The smallest absolute Gasteiger partial charge is 0.327 e. The highest BCUT2D eigenvalue weighted by Crippen LogP contribution is 2.30. The van der Waals surface area contributed by atoms with Gasteiger partial charge in [-0.3, -0.25) is 4.90 Å². The van der Waals surface area contributed by atoms with Crippen molar-refractivity contribution in [2.75, 3.05) is 20.2 Å². The van der Waals surface area contributed by atoms with Gasteiger partial charge >= 0.3 is 5.97 Å². The molecule has 1 aromatic rings. The highest BCUT2D eigenvalue weighted by molar-refractivity contribution is 5.77. The van der Waals surface area contributed by atoms with Crippen molar-refractivity contribution in [2.45, 2.75) is 25.5 Å². The van der Waals surface area contributed by atoms with Crippen LogP contribution in [0, 0.1) is 11.7 Å². The molecule has 1 N–H and O–H groups in total. The molecule has 20 heavy (non-hydrogen) atoms. The van der Waals surface area contributed by atoms with Gasteiger partial charge in [-0.05, 0) is 43.5 Å². The van der Waals surface area contributed by atoms with E-state index in [1.54, 1.807) is 19.1 Å². The second kappa shape index (κ2) is 6.33. The Kier molecular flexibility index (Phi) is 4.73. The molecule has 3 unspecified atom stereocenters. The quantitative estimate of drug-likeness (QED) is 0.854. The molecule has 1 aliphatic rings. The molecule has 5 heteroatoms. The molecular weight excluding hydrogens is 261 g/mol. The first-order chi connectivity index (χ1) is 9.52. The molecule has 2 rings (SSSR count). The van der Waals surface area contributed by atoms with E-state index in [2.05, 4.69) is 0 Å². The lowest BCUT2D eigenvalue weighted by Crippen LogP contribution is -2.34. The molecule has 0 saturated carbocycles. The molecule has 0 amide bonds. The van der Waals surface area contributed by atoms with Gasteiger partial charge in [0.2, 0.25) is 0 Å². The summed E-state index contributed by atoms with van der Waals surface area (Å²) >= 11 is 0. The fourth-order valence-corrected chi connectivity index (χ4v) is 2.70. The van der Waals surface area contributed by atoms with Crippen LogP contribution in [0.4, 0.5) is 4.39 Å². The summed E-state index contributed by atoms with van der Waals surface area (Å²) in [7, 11) is 1.35. The van der Waals surface area contributed by atoms with Crippen LogP contribution in [0.2, 0.25) is 0 Å². The van der Waals surface area contributed by atoms with Gasteiger partial charge in [0.1, 0.15) is 11.9 Å². The van der Waals surface area contributed by atoms with Crippen molar-refractivity contribution >= 4 is 5.97 Å². The standard InChI is InChI=1S/C15H20FNO3/c1-10(18)12-7-8-17(9-12)14(15(19)20-2)11-3-5-13(16)6-4-11/h3-6,10,12,14,18H,7-9H2,1-2H3. The topological polar surface area (TPSA) is 49.8 Å². The van der Waals surface area contributed by atoms with E-state index in [1.165, 1.54) is 19.2 Å². The fourth-order valence-electron chi connectivity index (χ4n) is 2.70. The molecule has 1 saturated heterocycles. The number of hydrogen-bond acceptors (Lipinski definition) is 4. The van der Waals surface area contributed by atoms with Crippen LogP contribution in [0.3, 0.4) is 0 Å². The Morgan fingerprint density at radius 2 is 2.10 bits per heavy atom. The number of halogens is 1. The minimum atomic E-state index is -0.538. The normalized spacial score (nSPS) is 22.5. The summed E-state index contributed by atoms with van der Waals surface area (Å²) in [4.78, 5) is 14.0. The molecule has 3 atom stereocenters. The number of nitrogens with zero attached hydrogens (tertiary/aromatic N) is 1. The Labute approximate surface area is 118 Å². The summed E-state index contributed by atoms with van der Waals surface area (Å²) < 4.78 is 17.9. The molecule has 110 valence electrons. The van der Waals surface area contributed by atoms with Crippen molar-refractivity contribution in [3.8, 4) is 0 Å². The Hall–Kier alpha value is -1.46. The summed E-state index contributed by atoms with van der Waals surface area (Å²) in [5.74, 6) is -0.536. The minimum Gasteiger partial charge on any atom is -0.468 e. The van der Waals surface area contributed by atoms with E-state index in [0.29, 0.717) is 18.7 Å². The van der Waals surface area contributed by atoms with Crippen LogP contribution in [0.1, 0.15) is 24.9 Å². The van der Waals surface area contributed by atoms with E-state index in [0.717, 1.165) is 6.42 Å². The summed E-state index contributed by atoms with van der Waals surface area (Å²) in [6.07, 6.45) is 0.443. The molecule has 1 aliphatic heterocycles. The van der Waals surface area contributed by atoms with Gasteiger partial charge in [-0.15, -0.1) is 0 Å². The zero-order valence-corrected chi connectivity index (χ0v) is 11.8. The van der Waals surface area contributed by atoms with E-state index in [4.69, 9.17) is 4.74 Å². The number of carbonyl (C=O) groups excluding carboxylic acids is 1. The molecule has 0 radical (unpaired) electrons. The summed E-state index contributed by atoms with van der Waals surface area (Å²) in [5.41, 5.74) is 0.712. The molecule has 0 aliphatic carbocycles. The lowest BCUT2D eigenvalue weighted by Gasteiger charge is -2.26. The molecular formula is C15H20FNO3. The lowest BCUT2D eigenvalue weighted by atomic mass is 10.0. The Morgan fingerprint density at radius 3 is 2.60 bits per heavy atom. The number of rotatable bonds is 4. The van der Waals surface area contributed by atoms with E-state index in [9.17, 15) is 14.3 Å². The third-order valence-corrected chi connectivity index (χ3v) is 3.91. The Morgan fingerprint density at radius 1 is 1.45 bits per heavy atom. The first kappa shape index (κ1) is 14.9. The zero-order chi connectivity index (χ0) is 14.7. The molecule has 0 bridgehead atoms. The SMILES string of the molecule is COC(=O)C(c1ccc(F)cc1)N1CCC(C(C)O)C1. The highest BCUT2D eigenvalue weighted by Gasteiger charge is 2.35. The van der Waals surface area contributed by atoms with Crippen LogP contribution in [0.5, 0.6) is 0 Å². The summed E-state index contributed by atoms with van der Waals surface area (Å²) in [6, 6.07) is 5.35. The van der Waals surface area contributed by atoms with Crippen LogP contribution in [-0.4, -0.2) is 42.3 Å². The van der Waals surface area contributed by atoms with Crippen LogP contribution in [-0.2, 0) is 9.53 Å². The molecule has 0 aromatic heterocycles. The van der Waals surface area contributed by atoms with Crippen LogP contribution in [0.15, 0.2) is 24.3 Å². The first-order valence-electron chi connectivity index (χ1n) is 6.78. The Bertz CT molecular complexity index is 461. The molecule has 4 nitrogen and oxygen atoms in total. The van der Waals surface area contributed by atoms with Crippen molar-refractivity contribution in [3.05, 3.63) is 35.6 Å². The monoisotopic (exact) mass is 281 g/mol. The summed E-state index contributed by atoms with van der Waals surface area (Å²) in [6.45, 7) is 3.11. The van der Waals surface area contributed by atoms with Gasteiger partial charge in [0.05, 0.1) is 13.2 Å². The van der Waals surface area contributed by atoms with Gasteiger partial charge in [-0.25, -0.2) is 9.18 Å². The van der Waals surface area contributed by atoms with Gasteiger partial charge in [0, 0.05) is 6.54 Å². The van der Waals surface area contributed by atoms with Gasteiger partial charge in [-0.1, -0.05) is 12.1 Å². The van der Waals surface area contributed by atoms with Gasteiger partial charge in [0.15, 0.2) is 0 Å². The average molecular weight is 281 g/mol. The maximum atomic E-state index is 13.0. The van der Waals surface area contributed by atoms with E-state index in [1.807, 2.05) is 4.90 Å². The number of likely N-dealkylation sites (tertiary alicyclic amines) is 1. The van der Waals surface area contributed by atoms with Crippen molar-refractivity contribution in [3.63, 3.8) is 0 Å². The third kappa shape index (κ3) is 3.16. The lowest BCUT2D eigenvalue weighted by molar-refractivity contribution is -0.147. The number of esters is 1. The van der Waals surface area contributed by atoms with Crippen molar-refractivity contribution in [1.82, 2.24) is 4.90 Å². The van der Waals surface area contributed by atoms with Crippen LogP contribution in [0.25, 0.3) is 0 Å². The number of aliphatic hydroxyl groups excluding tert-OH is 1. The molecule has 1 heterocycles. The number of hydrogen-bond donors (Lipinski definition) is 1. The number of ether oxygens (including phenoxy) is 1. The van der Waals surface area contributed by atoms with Crippen LogP contribution < -0.4 is 0 Å².